The second-order valence-electron chi connectivity index (χ2n) is 7.03. The van der Waals surface area contributed by atoms with E-state index in [-0.39, 0.29) is 16.5 Å². The average Bonchev–Trinajstić information content (AvgIpc) is 3.51. The lowest BCUT2D eigenvalue weighted by Crippen LogP contribution is -2.30. The Bertz CT molecular complexity index is 1000. The summed E-state index contributed by atoms with van der Waals surface area (Å²) in [5.74, 6) is -1.16. The van der Waals surface area contributed by atoms with Crippen molar-refractivity contribution in [2.24, 2.45) is 0 Å². The molecule has 154 valence electrons. The highest BCUT2D eigenvalue weighted by Gasteiger charge is 2.28. The number of carbonyl (C=O) groups is 2. The molecule has 7 nitrogen and oxygen atoms in total. The smallest absolute Gasteiger partial charge is 0.338 e. The van der Waals surface area contributed by atoms with E-state index in [9.17, 15) is 18.0 Å². The first-order chi connectivity index (χ1) is 13.8. The molecule has 0 atom stereocenters. The molecule has 8 heteroatoms. The average molecular weight is 416 g/mol. The van der Waals surface area contributed by atoms with Gasteiger partial charge in [0.05, 0.1) is 10.5 Å². The molecule has 2 aromatic carbocycles. The molecule has 29 heavy (non-hydrogen) atoms. The van der Waals surface area contributed by atoms with Crippen molar-refractivity contribution in [2.75, 3.05) is 13.2 Å². The van der Waals surface area contributed by atoms with Crippen LogP contribution in [0, 0.1) is 6.92 Å². The molecule has 0 saturated heterocycles. The second kappa shape index (κ2) is 9.19. The van der Waals surface area contributed by atoms with Gasteiger partial charge in [-0.25, -0.2) is 17.9 Å². The number of hydrogen-bond acceptors (Lipinski definition) is 5. The molecule has 0 spiro atoms. The van der Waals surface area contributed by atoms with Gasteiger partial charge in [0, 0.05) is 12.6 Å². The van der Waals surface area contributed by atoms with E-state index in [1.165, 1.54) is 24.3 Å². The fourth-order valence-electron chi connectivity index (χ4n) is 2.77. The molecule has 1 saturated carbocycles. The normalized spacial score (nSPS) is 13.7. The Balaban J connectivity index is 1.48. The van der Waals surface area contributed by atoms with Crippen LogP contribution in [0.5, 0.6) is 0 Å². The van der Waals surface area contributed by atoms with Crippen LogP contribution in [0.15, 0.2) is 53.4 Å². The van der Waals surface area contributed by atoms with Crippen LogP contribution in [0.3, 0.4) is 0 Å². The molecule has 0 unspecified atom stereocenters. The summed E-state index contributed by atoms with van der Waals surface area (Å²) in [6, 6.07) is 13.5. The summed E-state index contributed by atoms with van der Waals surface area (Å²) in [7, 11) is -3.66. The molecule has 3 rings (SSSR count). The number of hydrogen-bond donors (Lipinski definition) is 2. The SMILES string of the molecule is Cc1ccccc1CCNC(=O)COC(=O)c1cccc(S(=O)(=O)NC2CC2)c1. The van der Waals surface area contributed by atoms with Crippen molar-refractivity contribution in [3.63, 3.8) is 0 Å². The van der Waals surface area contributed by atoms with Gasteiger partial charge in [-0.15, -0.1) is 0 Å². The largest absolute Gasteiger partial charge is 0.452 e. The molecule has 0 aromatic heterocycles. The van der Waals surface area contributed by atoms with Gasteiger partial charge >= 0.3 is 5.97 Å². The zero-order valence-corrected chi connectivity index (χ0v) is 17.0. The van der Waals surface area contributed by atoms with Crippen molar-refractivity contribution in [1.82, 2.24) is 10.0 Å². The Kier molecular flexibility index (Phi) is 6.66. The van der Waals surface area contributed by atoms with Crippen molar-refractivity contribution < 1.29 is 22.7 Å². The minimum absolute atomic E-state index is 0.00142. The molecule has 1 amide bonds. The third-order valence-corrected chi connectivity index (χ3v) is 6.11. The molecule has 0 aliphatic heterocycles. The van der Waals surface area contributed by atoms with Crippen LogP contribution in [0.4, 0.5) is 0 Å². The molecule has 0 heterocycles. The minimum Gasteiger partial charge on any atom is -0.452 e. The molecular weight excluding hydrogens is 392 g/mol. The Labute approximate surface area is 170 Å². The van der Waals surface area contributed by atoms with Crippen LogP contribution in [0.2, 0.25) is 0 Å². The number of rotatable bonds is 9. The van der Waals surface area contributed by atoms with Gasteiger partial charge in [0.15, 0.2) is 6.61 Å². The number of amides is 1. The highest BCUT2D eigenvalue weighted by Crippen LogP contribution is 2.22. The summed E-state index contributed by atoms with van der Waals surface area (Å²) in [5, 5.41) is 2.71. The maximum absolute atomic E-state index is 12.3. The number of sulfonamides is 1. The van der Waals surface area contributed by atoms with Crippen molar-refractivity contribution in [2.45, 2.75) is 37.1 Å². The van der Waals surface area contributed by atoms with Gasteiger partial charge in [-0.3, -0.25) is 4.79 Å². The van der Waals surface area contributed by atoms with Gasteiger partial charge in [0.1, 0.15) is 0 Å². The summed E-state index contributed by atoms with van der Waals surface area (Å²) in [4.78, 5) is 24.1. The Morgan fingerprint density at radius 2 is 1.86 bits per heavy atom. The van der Waals surface area contributed by atoms with Gasteiger partial charge in [-0.05, 0) is 55.5 Å². The number of carbonyl (C=O) groups excluding carboxylic acids is 2. The first-order valence-corrected chi connectivity index (χ1v) is 10.9. The standard InChI is InChI=1S/C21H24N2O5S/c1-15-5-2-3-6-16(15)11-12-22-20(24)14-28-21(25)17-7-4-8-19(13-17)29(26,27)23-18-9-10-18/h2-8,13,18,23H,9-12,14H2,1H3,(H,22,24). The van der Waals surface area contributed by atoms with E-state index in [4.69, 9.17) is 4.74 Å². The monoisotopic (exact) mass is 416 g/mol. The lowest BCUT2D eigenvalue weighted by molar-refractivity contribution is -0.124. The maximum atomic E-state index is 12.3. The lowest BCUT2D eigenvalue weighted by atomic mass is 10.1. The van der Waals surface area contributed by atoms with Crippen LogP contribution < -0.4 is 10.0 Å². The molecule has 0 radical (unpaired) electrons. The van der Waals surface area contributed by atoms with Crippen molar-refractivity contribution in [1.29, 1.82) is 0 Å². The van der Waals surface area contributed by atoms with Crippen LogP contribution >= 0.6 is 0 Å². The first-order valence-electron chi connectivity index (χ1n) is 9.46. The van der Waals surface area contributed by atoms with Gasteiger partial charge < -0.3 is 10.1 Å². The third kappa shape index (κ3) is 6.13. The Hall–Kier alpha value is -2.71. The molecule has 1 aliphatic carbocycles. The molecule has 2 aromatic rings. The second-order valence-corrected chi connectivity index (χ2v) is 8.74. The fraction of sp³-hybridized carbons (Fsp3) is 0.333. The van der Waals surface area contributed by atoms with Crippen molar-refractivity contribution in [3.05, 3.63) is 65.2 Å². The van der Waals surface area contributed by atoms with E-state index in [2.05, 4.69) is 10.0 Å². The third-order valence-electron chi connectivity index (χ3n) is 4.59. The predicted octanol–water partition coefficient (Wildman–Crippen LogP) is 1.95. The summed E-state index contributed by atoms with van der Waals surface area (Å²) in [6.45, 7) is 2.01. The van der Waals surface area contributed by atoms with Crippen LogP contribution in [-0.4, -0.2) is 39.5 Å². The van der Waals surface area contributed by atoms with E-state index in [1.54, 1.807) is 0 Å². The zero-order chi connectivity index (χ0) is 20.9. The van der Waals surface area contributed by atoms with Crippen molar-refractivity contribution >= 4 is 21.9 Å². The van der Waals surface area contributed by atoms with E-state index in [0.29, 0.717) is 13.0 Å². The van der Waals surface area contributed by atoms with Crippen molar-refractivity contribution in [3.8, 4) is 0 Å². The lowest BCUT2D eigenvalue weighted by Gasteiger charge is -2.09. The highest BCUT2D eigenvalue weighted by molar-refractivity contribution is 7.89. The van der Waals surface area contributed by atoms with Gasteiger partial charge in [0.2, 0.25) is 10.0 Å². The summed E-state index contributed by atoms with van der Waals surface area (Å²) < 4.78 is 32.1. The van der Waals surface area contributed by atoms with Crippen LogP contribution in [-0.2, 0) is 26.0 Å². The minimum atomic E-state index is -3.66. The number of ether oxygens (including phenoxy) is 1. The fourth-order valence-corrected chi connectivity index (χ4v) is 4.12. The molecule has 2 N–H and O–H groups in total. The molecule has 1 fully saturated rings. The topological polar surface area (TPSA) is 102 Å². The number of benzene rings is 2. The Morgan fingerprint density at radius 1 is 1.10 bits per heavy atom. The quantitative estimate of drug-likeness (QED) is 0.609. The Morgan fingerprint density at radius 3 is 2.59 bits per heavy atom. The molecule has 0 bridgehead atoms. The number of esters is 1. The van der Waals surface area contributed by atoms with E-state index in [1.807, 2.05) is 31.2 Å². The van der Waals surface area contributed by atoms with E-state index >= 15 is 0 Å². The molecular formula is C21H24N2O5S. The number of nitrogens with one attached hydrogen (secondary N) is 2. The summed E-state index contributed by atoms with van der Waals surface area (Å²) >= 11 is 0. The van der Waals surface area contributed by atoms with Crippen LogP contribution in [0.25, 0.3) is 0 Å². The maximum Gasteiger partial charge on any atom is 0.338 e. The summed E-state index contributed by atoms with van der Waals surface area (Å²) in [6.07, 6.45) is 2.32. The van der Waals surface area contributed by atoms with E-state index in [0.717, 1.165) is 24.0 Å². The predicted molar refractivity (Wildman–Crippen MR) is 108 cm³/mol. The van der Waals surface area contributed by atoms with Crippen LogP contribution in [0.1, 0.15) is 34.3 Å². The summed E-state index contributed by atoms with van der Waals surface area (Å²) in [5.41, 5.74) is 2.37. The highest BCUT2D eigenvalue weighted by atomic mass is 32.2. The number of aryl methyl sites for hydroxylation is 1. The van der Waals surface area contributed by atoms with Gasteiger partial charge in [-0.2, -0.15) is 0 Å². The zero-order valence-electron chi connectivity index (χ0n) is 16.2. The van der Waals surface area contributed by atoms with Gasteiger partial charge in [-0.1, -0.05) is 30.3 Å². The molecule has 1 aliphatic rings. The van der Waals surface area contributed by atoms with E-state index < -0.39 is 28.5 Å². The van der Waals surface area contributed by atoms with Gasteiger partial charge in [0.25, 0.3) is 5.91 Å². The first kappa shape index (κ1) is 21.0.